The highest BCUT2D eigenvalue weighted by Crippen LogP contribution is 2.37. The zero-order valence-electron chi connectivity index (χ0n) is 20.1. The van der Waals surface area contributed by atoms with Crippen molar-refractivity contribution in [1.82, 2.24) is 4.90 Å². The number of rotatable bonds is 8. The summed E-state index contributed by atoms with van der Waals surface area (Å²) in [4.78, 5) is 19.4. The fourth-order valence-corrected chi connectivity index (χ4v) is 5.25. The predicted molar refractivity (Wildman–Crippen MR) is 141 cm³/mol. The molecule has 192 valence electrons. The quantitative estimate of drug-likeness (QED) is 0.314. The van der Waals surface area contributed by atoms with E-state index < -0.39 is 11.7 Å². The molecule has 1 amide bonds. The highest BCUT2D eigenvalue weighted by molar-refractivity contribution is 6.24. The van der Waals surface area contributed by atoms with Crippen LogP contribution in [0.4, 0.5) is 24.5 Å². The van der Waals surface area contributed by atoms with Gasteiger partial charge in [0.25, 0.3) is 5.91 Å². The lowest BCUT2D eigenvalue weighted by molar-refractivity contribution is -0.137. The van der Waals surface area contributed by atoms with Crippen molar-refractivity contribution in [3.63, 3.8) is 0 Å². The Morgan fingerprint density at radius 1 is 0.750 bits per heavy atom. The zero-order chi connectivity index (χ0) is 24.4. The molecule has 0 aliphatic carbocycles. The van der Waals surface area contributed by atoms with Crippen LogP contribution in [0.3, 0.4) is 0 Å². The van der Waals surface area contributed by atoms with Gasteiger partial charge < -0.3 is 9.80 Å². The molecule has 0 spiro atoms. The van der Waals surface area contributed by atoms with E-state index in [9.17, 15) is 18.0 Å². The minimum atomic E-state index is -4.29. The molecule has 0 atom stereocenters. The number of halogens is 4. The topological polar surface area (TPSA) is 26.8 Å². The van der Waals surface area contributed by atoms with E-state index in [-0.39, 0.29) is 18.3 Å². The van der Waals surface area contributed by atoms with Crippen molar-refractivity contribution in [2.45, 2.75) is 31.9 Å². The van der Waals surface area contributed by atoms with E-state index in [0.717, 1.165) is 105 Å². The number of unbranched alkanes of at least 4 members (excludes halogenated alkanes) is 3. The molecule has 2 heterocycles. The van der Waals surface area contributed by atoms with Gasteiger partial charge in [0, 0.05) is 49.4 Å². The maximum absolute atomic E-state index is 12.9. The standard InChI is InChI=1S/C28H30F3N3O.ClH/c29-28(30,31)22-11-13-23(14-12-22)33-19-17-32(18-20-33)15-3-1-2-4-16-34-25-10-6-8-21-7-5-9-24(26(21)25)27(34)35;/h5-14H,1-4,15-20H2;1H. The van der Waals surface area contributed by atoms with Crippen LogP contribution >= 0.6 is 12.4 Å². The van der Waals surface area contributed by atoms with Crippen molar-refractivity contribution in [3.8, 4) is 0 Å². The molecule has 3 aromatic rings. The lowest BCUT2D eigenvalue weighted by atomic mass is 10.1. The van der Waals surface area contributed by atoms with Crippen molar-refractivity contribution < 1.29 is 18.0 Å². The first-order chi connectivity index (χ1) is 16.9. The Balaban J connectivity index is 0.00000304. The number of hydrogen-bond acceptors (Lipinski definition) is 3. The van der Waals surface area contributed by atoms with Crippen molar-refractivity contribution >= 4 is 40.5 Å². The summed E-state index contributed by atoms with van der Waals surface area (Å²) >= 11 is 0. The third-order valence-corrected chi connectivity index (χ3v) is 7.19. The van der Waals surface area contributed by atoms with Gasteiger partial charge >= 0.3 is 6.18 Å². The second-order valence-corrected chi connectivity index (χ2v) is 9.43. The van der Waals surface area contributed by atoms with Crippen LogP contribution in [0.5, 0.6) is 0 Å². The fraction of sp³-hybridized carbons (Fsp3) is 0.393. The van der Waals surface area contributed by atoms with Crippen LogP contribution in [-0.4, -0.2) is 50.1 Å². The molecule has 0 unspecified atom stereocenters. The first-order valence-electron chi connectivity index (χ1n) is 12.4. The fourth-order valence-electron chi connectivity index (χ4n) is 5.25. The molecule has 0 radical (unpaired) electrons. The van der Waals surface area contributed by atoms with E-state index in [1.54, 1.807) is 12.1 Å². The molecule has 1 fully saturated rings. The zero-order valence-corrected chi connectivity index (χ0v) is 21.0. The van der Waals surface area contributed by atoms with Gasteiger partial charge in [-0.3, -0.25) is 9.69 Å². The molecule has 1 saturated heterocycles. The number of nitrogens with zero attached hydrogens (tertiary/aromatic N) is 3. The molecule has 0 N–H and O–H groups in total. The molecular weight excluding hydrogens is 487 g/mol. The summed E-state index contributed by atoms with van der Waals surface area (Å²) in [5, 5.41) is 2.20. The maximum Gasteiger partial charge on any atom is 0.416 e. The Morgan fingerprint density at radius 3 is 2.06 bits per heavy atom. The highest BCUT2D eigenvalue weighted by Gasteiger charge is 2.30. The molecule has 4 nitrogen and oxygen atoms in total. The Kier molecular flexibility index (Phi) is 8.10. The highest BCUT2D eigenvalue weighted by atomic mass is 35.5. The van der Waals surface area contributed by atoms with Crippen LogP contribution in [0.15, 0.2) is 60.7 Å². The van der Waals surface area contributed by atoms with Gasteiger partial charge in [0.05, 0.1) is 11.3 Å². The Hall–Kier alpha value is -2.77. The van der Waals surface area contributed by atoms with Crippen LogP contribution < -0.4 is 9.80 Å². The van der Waals surface area contributed by atoms with Gasteiger partial charge in [0.1, 0.15) is 0 Å². The van der Waals surface area contributed by atoms with E-state index in [0.29, 0.717) is 0 Å². The summed E-state index contributed by atoms with van der Waals surface area (Å²) in [6.07, 6.45) is 0.0159. The molecule has 0 aromatic heterocycles. The maximum atomic E-state index is 12.9. The summed E-state index contributed by atoms with van der Waals surface area (Å²) in [6, 6.07) is 17.5. The van der Waals surface area contributed by atoms with Crippen LogP contribution in [-0.2, 0) is 6.18 Å². The number of amides is 1. The summed E-state index contributed by atoms with van der Waals surface area (Å²) in [5.41, 5.74) is 2.10. The average Bonchev–Trinajstić information content (AvgIpc) is 3.14. The molecule has 2 aliphatic rings. The summed E-state index contributed by atoms with van der Waals surface area (Å²) in [6.45, 7) is 5.28. The van der Waals surface area contributed by atoms with E-state index in [4.69, 9.17) is 0 Å². The van der Waals surface area contributed by atoms with Crippen molar-refractivity contribution in [1.29, 1.82) is 0 Å². The molecular formula is C28H31ClF3N3O. The largest absolute Gasteiger partial charge is 0.416 e. The van der Waals surface area contributed by atoms with Gasteiger partial charge in [-0.25, -0.2) is 0 Å². The monoisotopic (exact) mass is 517 g/mol. The minimum Gasteiger partial charge on any atom is -0.369 e. The van der Waals surface area contributed by atoms with Gasteiger partial charge in [0.2, 0.25) is 0 Å². The summed E-state index contributed by atoms with van der Waals surface area (Å²) < 4.78 is 38.3. The number of carbonyl (C=O) groups excluding carboxylic acids is 1. The first kappa shape index (κ1) is 26.3. The number of carbonyl (C=O) groups is 1. The van der Waals surface area contributed by atoms with Crippen molar-refractivity contribution in [2.24, 2.45) is 0 Å². The third-order valence-electron chi connectivity index (χ3n) is 7.19. The number of alkyl halides is 3. The van der Waals surface area contributed by atoms with Gasteiger partial charge in [-0.05, 0) is 61.2 Å². The number of benzene rings is 3. The van der Waals surface area contributed by atoms with Gasteiger partial charge in [-0.1, -0.05) is 37.1 Å². The van der Waals surface area contributed by atoms with Gasteiger partial charge in [-0.15, -0.1) is 12.4 Å². The number of piperazine rings is 1. The minimum absolute atomic E-state index is 0. The number of anilines is 2. The molecule has 5 rings (SSSR count). The van der Waals surface area contributed by atoms with E-state index in [1.807, 2.05) is 29.2 Å². The van der Waals surface area contributed by atoms with E-state index >= 15 is 0 Å². The van der Waals surface area contributed by atoms with Gasteiger partial charge in [-0.2, -0.15) is 13.2 Å². The molecule has 0 bridgehead atoms. The van der Waals surface area contributed by atoms with Crippen LogP contribution in [0.2, 0.25) is 0 Å². The van der Waals surface area contributed by atoms with E-state index in [2.05, 4.69) is 21.9 Å². The second-order valence-electron chi connectivity index (χ2n) is 9.43. The lowest BCUT2D eigenvalue weighted by Crippen LogP contribution is -2.46. The van der Waals surface area contributed by atoms with E-state index in [1.165, 1.54) is 0 Å². The van der Waals surface area contributed by atoms with Gasteiger partial charge in [0.15, 0.2) is 0 Å². The number of hydrogen-bond donors (Lipinski definition) is 0. The predicted octanol–water partition coefficient (Wildman–Crippen LogP) is 6.62. The Labute approximate surface area is 216 Å². The summed E-state index contributed by atoms with van der Waals surface area (Å²) in [7, 11) is 0. The molecule has 0 saturated carbocycles. The summed E-state index contributed by atoms with van der Waals surface area (Å²) in [5.74, 6) is 0.114. The van der Waals surface area contributed by atoms with Crippen molar-refractivity contribution in [3.05, 3.63) is 71.8 Å². The molecule has 8 heteroatoms. The third kappa shape index (κ3) is 5.47. The average molecular weight is 518 g/mol. The molecule has 36 heavy (non-hydrogen) atoms. The normalized spacial score (nSPS) is 16.0. The van der Waals surface area contributed by atoms with Crippen LogP contribution in [0.25, 0.3) is 10.8 Å². The lowest BCUT2D eigenvalue weighted by Gasteiger charge is -2.36. The van der Waals surface area contributed by atoms with Crippen molar-refractivity contribution in [2.75, 3.05) is 49.1 Å². The smallest absolute Gasteiger partial charge is 0.369 e. The Morgan fingerprint density at radius 2 is 1.39 bits per heavy atom. The van der Waals surface area contributed by atoms with Crippen LogP contribution in [0.1, 0.15) is 41.6 Å². The molecule has 2 aliphatic heterocycles. The Bertz CT molecular complexity index is 1190. The van der Waals surface area contributed by atoms with Crippen LogP contribution in [0, 0.1) is 0 Å². The SMILES string of the molecule is Cl.O=C1c2cccc3cccc(c23)N1CCCCCCN1CCN(c2ccc(C(F)(F)F)cc2)CC1. The molecule has 3 aromatic carbocycles. The first-order valence-corrected chi connectivity index (χ1v) is 12.4. The second kappa shape index (κ2) is 11.1.